The van der Waals surface area contributed by atoms with Crippen LogP contribution in [0.4, 0.5) is 11.4 Å². The number of nitrogens with zero attached hydrogens (tertiary/aromatic N) is 1. The summed E-state index contributed by atoms with van der Waals surface area (Å²) in [5.74, 6) is 0.266. The molecule has 0 bridgehead atoms. The molecule has 5 heteroatoms. The van der Waals surface area contributed by atoms with E-state index in [4.69, 9.17) is 4.74 Å². The van der Waals surface area contributed by atoms with Gasteiger partial charge in [-0.2, -0.15) is 0 Å². The Kier molecular flexibility index (Phi) is 5.49. The molecule has 0 aromatic heterocycles. The van der Waals surface area contributed by atoms with Gasteiger partial charge >= 0.3 is 0 Å². The van der Waals surface area contributed by atoms with Crippen molar-refractivity contribution in [1.82, 2.24) is 0 Å². The first-order chi connectivity index (χ1) is 12.8. The Labute approximate surface area is 160 Å². The minimum Gasteiger partial charge on any atom is -0.491 e. The molecule has 1 aliphatic rings. The molecule has 142 valence electrons. The zero-order valence-corrected chi connectivity index (χ0v) is 16.3. The fourth-order valence-corrected chi connectivity index (χ4v) is 3.26. The van der Waals surface area contributed by atoms with E-state index in [0.29, 0.717) is 12.2 Å². The molecule has 3 rings (SSSR count). The van der Waals surface area contributed by atoms with E-state index in [0.717, 1.165) is 22.6 Å². The highest BCUT2D eigenvalue weighted by molar-refractivity contribution is 6.03. The van der Waals surface area contributed by atoms with E-state index in [2.05, 4.69) is 5.32 Å². The first-order valence-corrected chi connectivity index (χ1v) is 9.28. The van der Waals surface area contributed by atoms with Crippen LogP contribution in [0, 0.1) is 19.8 Å². The van der Waals surface area contributed by atoms with Crippen molar-refractivity contribution in [2.45, 2.75) is 40.2 Å². The topological polar surface area (TPSA) is 58.6 Å². The van der Waals surface area contributed by atoms with Crippen LogP contribution >= 0.6 is 0 Å². The molecule has 0 aliphatic carbocycles. The number of carbonyl (C=O) groups is 2. The first kappa shape index (κ1) is 19.0. The zero-order valence-electron chi connectivity index (χ0n) is 16.3. The number of ether oxygens (including phenoxy) is 1. The van der Waals surface area contributed by atoms with Gasteiger partial charge in [0.05, 0.1) is 12.0 Å². The van der Waals surface area contributed by atoms with Crippen molar-refractivity contribution in [3.63, 3.8) is 0 Å². The number of hydrogen-bond acceptors (Lipinski definition) is 3. The molecular weight excluding hydrogens is 340 g/mol. The Morgan fingerprint density at radius 2 is 1.85 bits per heavy atom. The number of amides is 2. The van der Waals surface area contributed by atoms with Crippen molar-refractivity contribution >= 4 is 23.2 Å². The predicted molar refractivity (Wildman–Crippen MR) is 107 cm³/mol. The van der Waals surface area contributed by atoms with Gasteiger partial charge in [0.2, 0.25) is 11.8 Å². The third kappa shape index (κ3) is 4.48. The zero-order chi connectivity index (χ0) is 19.6. The highest BCUT2D eigenvalue weighted by Crippen LogP contribution is 2.29. The second kappa shape index (κ2) is 7.82. The third-order valence-electron chi connectivity index (χ3n) is 4.64. The Morgan fingerprint density at radius 3 is 2.52 bits per heavy atom. The Bertz CT molecular complexity index is 843. The molecule has 1 saturated heterocycles. The molecule has 5 nitrogen and oxygen atoms in total. The number of aryl methyl sites for hydroxylation is 2. The number of benzene rings is 2. The summed E-state index contributed by atoms with van der Waals surface area (Å²) in [6, 6.07) is 13.3. The van der Waals surface area contributed by atoms with E-state index in [1.54, 1.807) is 4.90 Å². The van der Waals surface area contributed by atoms with Crippen molar-refractivity contribution in [3.05, 3.63) is 53.6 Å². The second-order valence-corrected chi connectivity index (χ2v) is 7.38. The van der Waals surface area contributed by atoms with Gasteiger partial charge in [0.15, 0.2) is 0 Å². The molecule has 0 saturated carbocycles. The van der Waals surface area contributed by atoms with E-state index < -0.39 is 0 Å². The Morgan fingerprint density at radius 1 is 1.15 bits per heavy atom. The largest absolute Gasteiger partial charge is 0.491 e. The van der Waals surface area contributed by atoms with Crippen LogP contribution < -0.4 is 15.0 Å². The predicted octanol–water partition coefficient (Wildman–Crippen LogP) is 4.08. The van der Waals surface area contributed by atoms with Gasteiger partial charge in [-0.25, -0.2) is 0 Å². The first-order valence-electron chi connectivity index (χ1n) is 9.28. The second-order valence-electron chi connectivity index (χ2n) is 7.38. The van der Waals surface area contributed by atoms with Crippen LogP contribution in [0.15, 0.2) is 42.5 Å². The van der Waals surface area contributed by atoms with Gasteiger partial charge in [0, 0.05) is 24.3 Å². The van der Waals surface area contributed by atoms with Crippen molar-refractivity contribution in [2.24, 2.45) is 5.92 Å². The number of hydrogen-bond donors (Lipinski definition) is 1. The molecule has 27 heavy (non-hydrogen) atoms. The summed E-state index contributed by atoms with van der Waals surface area (Å²) in [5.41, 5.74) is 3.73. The van der Waals surface area contributed by atoms with Gasteiger partial charge in [0.25, 0.3) is 0 Å². The molecule has 2 aromatic carbocycles. The summed E-state index contributed by atoms with van der Waals surface area (Å²) in [6.45, 7) is 8.32. The molecule has 0 spiro atoms. The Balaban J connectivity index is 1.66. The smallest absolute Gasteiger partial charge is 0.229 e. The lowest BCUT2D eigenvalue weighted by molar-refractivity contribution is -0.122. The quantitative estimate of drug-likeness (QED) is 0.867. The fourth-order valence-electron chi connectivity index (χ4n) is 3.26. The third-order valence-corrected chi connectivity index (χ3v) is 4.64. The minimum absolute atomic E-state index is 0.00969. The standard InChI is InChI=1S/C22H26N2O3/c1-14(2)27-19-9-7-18(8-10-19)23-22(26)17-12-21(25)24(13-17)20-11-15(3)5-6-16(20)4/h5-11,14,17H,12-13H2,1-4H3,(H,23,26). The number of nitrogens with one attached hydrogen (secondary N) is 1. The molecule has 1 fully saturated rings. The van der Waals surface area contributed by atoms with Crippen LogP contribution in [-0.2, 0) is 9.59 Å². The van der Waals surface area contributed by atoms with E-state index in [1.807, 2.05) is 70.2 Å². The summed E-state index contributed by atoms with van der Waals surface area (Å²) < 4.78 is 5.61. The maximum absolute atomic E-state index is 12.6. The van der Waals surface area contributed by atoms with E-state index >= 15 is 0 Å². The van der Waals surface area contributed by atoms with Gasteiger partial charge in [0.1, 0.15) is 5.75 Å². The van der Waals surface area contributed by atoms with Crippen LogP contribution in [0.5, 0.6) is 5.75 Å². The average molecular weight is 366 g/mol. The molecule has 1 aliphatic heterocycles. The van der Waals surface area contributed by atoms with Gasteiger partial charge in [-0.05, 0) is 69.2 Å². The van der Waals surface area contributed by atoms with Crippen LogP contribution in [0.25, 0.3) is 0 Å². The van der Waals surface area contributed by atoms with Crippen molar-refractivity contribution < 1.29 is 14.3 Å². The molecule has 1 unspecified atom stereocenters. The molecule has 1 atom stereocenters. The summed E-state index contributed by atoms with van der Waals surface area (Å²) in [5, 5.41) is 2.91. The number of anilines is 2. The van der Waals surface area contributed by atoms with Gasteiger partial charge in [-0.15, -0.1) is 0 Å². The monoisotopic (exact) mass is 366 g/mol. The Hall–Kier alpha value is -2.82. The summed E-state index contributed by atoms with van der Waals surface area (Å²) >= 11 is 0. The van der Waals surface area contributed by atoms with Crippen LogP contribution in [0.2, 0.25) is 0 Å². The van der Waals surface area contributed by atoms with E-state index in [1.165, 1.54) is 0 Å². The van der Waals surface area contributed by atoms with Crippen molar-refractivity contribution in [3.8, 4) is 5.75 Å². The molecular formula is C22H26N2O3. The number of rotatable bonds is 5. The maximum atomic E-state index is 12.6. The van der Waals surface area contributed by atoms with Gasteiger partial charge in [-0.1, -0.05) is 12.1 Å². The molecule has 1 heterocycles. The van der Waals surface area contributed by atoms with Crippen LogP contribution in [0.3, 0.4) is 0 Å². The van der Waals surface area contributed by atoms with E-state index in [9.17, 15) is 9.59 Å². The summed E-state index contributed by atoms with van der Waals surface area (Å²) in [6.07, 6.45) is 0.333. The summed E-state index contributed by atoms with van der Waals surface area (Å²) in [4.78, 5) is 26.8. The minimum atomic E-state index is -0.357. The van der Waals surface area contributed by atoms with E-state index in [-0.39, 0.29) is 30.3 Å². The van der Waals surface area contributed by atoms with Crippen molar-refractivity contribution in [1.29, 1.82) is 0 Å². The lowest BCUT2D eigenvalue weighted by atomic mass is 10.1. The normalized spacial score (nSPS) is 16.7. The van der Waals surface area contributed by atoms with Crippen molar-refractivity contribution in [2.75, 3.05) is 16.8 Å². The number of carbonyl (C=O) groups excluding carboxylic acids is 2. The highest BCUT2D eigenvalue weighted by Gasteiger charge is 2.35. The van der Waals surface area contributed by atoms with Crippen LogP contribution in [0.1, 0.15) is 31.4 Å². The summed E-state index contributed by atoms with van der Waals surface area (Å²) in [7, 11) is 0. The van der Waals surface area contributed by atoms with Gasteiger partial charge in [-0.3, -0.25) is 9.59 Å². The molecule has 2 amide bonds. The molecule has 2 aromatic rings. The SMILES string of the molecule is Cc1ccc(C)c(N2CC(C(=O)Nc3ccc(OC(C)C)cc3)CC2=O)c1. The maximum Gasteiger partial charge on any atom is 0.229 e. The lowest BCUT2D eigenvalue weighted by Crippen LogP contribution is -2.28. The lowest BCUT2D eigenvalue weighted by Gasteiger charge is -2.19. The molecule has 0 radical (unpaired) electrons. The highest BCUT2D eigenvalue weighted by atomic mass is 16.5. The van der Waals surface area contributed by atoms with Crippen LogP contribution in [-0.4, -0.2) is 24.5 Å². The average Bonchev–Trinajstić information content (AvgIpc) is 3.00. The molecule has 1 N–H and O–H groups in total. The van der Waals surface area contributed by atoms with Gasteiger partial charge < -0.3 is 15.0 Å². The fraction of sp³-hybridized carbons (Fsp3) is 0.364.